The summed E-state index contributed by atoms with van der Waals surface area (Å²) < 4.78 is 31.1. The highest BCUT2D eigenvalue weighted by Gasteiger charge is 2.32. The Labute approximate surface area is 495 Å². The van der Waals surface area contributed by atoms with E-state index >= 15 is 0 Å². The monoisotopic (exact) mass is 1690 g/mol. The third kappa shape index (κ3) is 12.5. The molecule has 4 N–H and O–H groups in total. The fraction of sp³-hybridized carbons (Fsp3) is 0.250. The summed E-state index contributed by atoms with van der Waals surface area (Å²) in [6.07, 6.45) is -1.33. The third-order valence-corrected chi connectivity index (χ3v) is 18.5. The number of aromatic hydroxyl groups is 2. The van der Waals surface area contributed by atoms with Crippen LogP contribution >= 0.6 is 191 Å². The highest BCUT2D eigenvalue weighted by atomic mass is 79.9. The van der Waals surface area contributed by atoms with Crippen LogP contribution in [0.3, 0.4) is 0 Å². The SMILES string of the molecule is CC(C)(c1cc(Br)c(O)c(Br)c1)c1cc(Br)c(OC(O)COc2c(Br)cc(C(C)(C)c3cc(Br)c(OC(O)Oc4c(Br)cc(C(C)(C)c5cc(Br)c(O)c(Br)c5)cc4Br)c(Br)c3)cc2Br)c(Br)c1. The van der Waals surface area contributed by atoms with Gasteiger partial charge in [-0.1, -0.05) is 41.5 Å². The van der Waals surface area contributed by atoms with Gasteiger partial charge in [0.25, 0.3) is 0 Å². The fourth-order valence-electron chi connectivity index (χ4n) is 7.06. The lowest BCUT2D eigenvalue weighted by atomic mass is 9.78. The number of hydrogen-bond acceptors (Lipinski definition) is 8. The lowest BCUT2D eigenvalue weighted by molar-refractivity contribution is -0.161. The van der Waals surface area contributed by atoms with Crippen LogP contribution in [0.2, 0.25) is 0 Å². The van der Waals surface area contributed by atoms with Crippen molar-refractivity contribution in [2.75, 3.05) is 6.61 Å². The first-order valence-corrected chi connectivity index (χ1v) is 29.4. The Morgan fingerprint density at radius 1 is 0.353 bits per heavy atom. The van der Waals surface area contributed by atoms with Gasteiger partial charge >= 0.3 is 6.48 Å². The van der Waals surface area contributed by atoms with E-state index in [1.807, 2.05) is 72.8 Å². The summed E-state index contributed by atoms with van der Waals surface area (Å²) in [5, 5.41) is 42.6. The molecule has 2 atom stereocenters. The predicted octanol–water partition coefficient (Wildman–Crippen LogP) is 18.7. The molecule has 0 saturated heterocycles. The Hall–Kier alpha value is -0.200. The molecular weight excluding hydrogens is 1660 g/mol. The molecule has 0 saturated carbocycles. The average molecular weight is 1700 g/mol. The number of aliphatic hydroxyl groups is 2. The third-order valence-electron chi connectivity index (χ3n) is 11.4. The minimum absolute atomic E-state index is 0.125. The van der Waals surface area contributed by atoms with Crippen LogP contribution in [0.25, 0.3) is 0 Å². The molecule has 2 unspecified atom stereocenters. The molecule has 0 aromatic heterocycles. The topological polar surface area (TPSA) is 118 Å². The zero-order valence-electron chi connectivity index (χ0n) is 36.2. The Kier molecular flexibility index (Phi) is 19.1. The van der Waals surface area contributed by atoms with E-state index in [2.05, 4.69) is 233 Å². The standard InChI is InChI=1S/C48H38Br12O8/c1-46(2,20-7-26(49)39(62)27(50)8-20)23-13-32(55)42(33(56)14-23)66-38(61)19-65-41-30(53)11-22(12-31(41)54)48(5,6)25-17-36(59)44(37(60)18-25)68-45(64)67-43-34(57)15-24(16-35(43)58)47(3,4)21-9-28(51)40(63)29(52)10-21/h7-18,38,45,61-64H,19H2,1-6H3. The van der Waals surface area contributed by atoms with Gasteiger partial charge in [0.15, 0.2) is 23.9 Å². The van der Waals surface area contributed by atoms with Crippen molar-refractivity contribution < 1.29 is 39.4 Å². The first-order valence-electron chi connectivity index (χ1n) is 19.9. The minimum Gasteiger partial charge on any atom is -0.506 e. The first kappa shape index (κ1) is 57.1. The number of halogens is 12. The zero-order valence-corrected chi connectivity index (χ0v) is 55.3. The Morgan fingerprint density at radius 3 is 0.809 bits per heavy atom. The first-order chi connectivity index (χ1) is 31.5. The largest absolute Gasteiger partial charge is 0.506 e. The van der Waals surface area contributed by atoms with Gasteiger partial charge in [-0.15, -0.1) is 0 Å². The molecule has 0 aliphatic carbocycles. The molecule has 0 radical (unpaired) electrons. The van der Waals surface area contributed by atoms with Crippen LogP contribution in [-0.4, -0.2) is 39.8 Å². The van der Waals surface area contributed by atoms with Gasteiger partial charge in [-0.25, -0.2) is 0 Å². The van der Waals surface area contributed by atoms with E-state index in [1.165, 1.54) is 0 Å². The molecule has 0 spiro atoms. The number of phenolic OH excluding ortho intramolecular Hbond substituents is 2. The normalized spacial score (nSPS) is 13.1. The number of hydrogen-bond donors (Lipinski definition) is 4. The number of phenols is 2. The van der Waals surface area contributed by atoms with Crippen molar-refractivity contribution in [3.05, 3.63) is 160 Å². The van der Waals surface area contributed by atoms with E-state index in [-0.39, 0.29) is 18.1 Å². The average Bonchev–Trinajstić information content (AvgIpc) is 3.24. The highest BCUT2D eigenvalue weighted by Crippen LogP contribution is 2.48. The minimum atomic E-state index is -1.69. The second-order valence-corrected chi connectivity index (χ2v) is 27.2. The maximum absolute atomic E-state index is 11.1. The number of ether oxygens (including phenoxy) is 4. The Morgan fingerprint density at radius 2 is 0.559 bits per heavy atom. The van der Waals surface area contributed by atoms with Crippen molar-refractivity contribution >= 4 is 191 Å². The molecule has 6 aromatic rings. The van der Waals surface area contributed by atoms with Gasteiger partial charge in [0.2, 0.25) is 6.29 Å². The molecule has 6 aromatic carbocycles. The summed E-state index contributed by atoms with van der Waals surface area (Å²) in [5.41, 5.74) is 4.16. The second-order valence-electron chi connectivity index (χ2n) is 17.0. The van der Waals surface area contributed by atoms with Crippen molar-refractivity contribution in [1.82, 2.24) is 0 Å². The van der Waals surface area contributed by atoms with Crippen LogP contribution < -0.4 is 18.9 Å². The molecule has 0 fully saturated rings. The van der Waals surface area contributed by atoms with Crippen molar-refractivity contribution in [3.63, 3.8) is 0 Å². The van der Waals surface area contributed by atoms with E-state index in [0.29, 0.717) is 76.7 Å². The molecule has 0 heterocycles. The maximum Gasteiger partial charge on any atom is 0.358 e. The van der Waals surface area contributed by atoms with Crippen molar-refractivity contribution in [2.45, 2.75) is 70.6 Å². The smallest absolute Gasteiger partial charge is 0.358 e. The van der Waals surface area contributed by atoms with E-state index < -0.39 is 29.0 Å². The van der Waals surface area contributed by atoms with Gasteiger partial charge in [0, 0.05) is 16.2 Å². The van der Waals surface area contributed by atoms with E-state index in [4.69, 9.17) is 18.9 Å². The van der Waals surface area contributed by atoms with Crippen molar-refractivity contribution in [3.8, 4) is 34.5 Å². The van der Waals surface area contributed by atoms with E-state index in [1.54, 1.807) is 0 Å². The van der Waals surface area contributed by atoms with Crippen LogP contribution in [0.15, 0.2) is 126 Å². The molecule has 6 rings (SSSR count). The van der Waals surface area contributed by atoms with Crippen LogP contribution in [0.5, 0.6) is 34.5 Å². The molecule has 0 bridgehead atoms. The maximum atomic E-state index is 11.1. The number of rotatable bonds is 15. The van der Waals surface area contributed by atoms with Crippen LogP contribution in [-0.2, 0) is 16.2 Å². The van der Waals surface area contributed by atoms with Crippen molar-refractivity contribution in [2.24, 2.45) is 0 Å². The molecule has 0 aliphatic heterocycles. The summed E-state index contributed by atoms with van der Waals surface area (Å²) >= 11 is 43.0. The Bertz CT molecular complexity index is 2790. The summed E-state index contributed by atoms with van der Waals surface area (Å²) in [7, 11) is 0. The van der Waals surface area contributed by atoms with Crippen LogP contribution in [0.4, 0.5) is 0 Å². The molecule has 8 nitrogen and oxygen atoms in total. The van der Waals surface area contributed by atoms with Gasteiger partial charge in [-0.3, -0.25) is 0 Å². The summed E-state index contributed by atoms with van der Waals surface area (Å²) in [6.45, 7) is 10.6. The van der Waals surface area contributed by atoms with Gasteiger partial charge in [0.05, 0.1) is 53.7 Å². The van der Waals surface area contributed by atoms with Crippen LogP contribution in [0.1, 0.15) is 74.9 Å². The molecular formula is C48H38Br12O8. The van der Waals surface area contributed by atoms with E-state index in [9.17, 15) is 20.4 Å². The second kappa shape index (κ2) is 22.7. The molecule has 68 heavy (non-hydrogen) atoms. The Balaban J connectivity index is 1.12. The quantitative estimate of drug-likeness (QED) is 0.0751. The molecule has 20 heteroatoms. The summed E-state index contributed by atoms with van der Waals surface area (Å²) in [5.74, 6) is 1.80. The zero-order chi connectivity index (χ0) is 50.5. The lowest BCUT2D eigenvalue weighted by Crippen LogP contribution is -2.25. The van der Waals surface area contributed by atoms with Crippen molar-refractivity contribution in [1.29, 1.82) is 0 Å². The van der Waals surface area contributed by atoms with Gasteiger partial charge < -0.3 is 39.4 Å². The van der Waals surface area contributed by atoms with E-state index in [0.717, 1.165) is 33.4 Å². The number of aliphatic hydroxyl groups excluding tert-OH is 2. The lowest BCUT2D eigenvalue weighted by Gasteiger charge is -2.29. The summed E-state index contributed by atoms with van der Waals surface area (Å²) in [6, 6.07) is 23.0. The fourth-order valence-corrected chi connectivity index (χ4v) is 15.0. The molecule has 362 valence electrons. The van der Waals surface area contributed by atoms with Crippen LogP contribution in [0, 0.1) is 0 Å². The number of benzene rings is 6. The predicted molar refractivity (Wildman–Crippen MR) is 310 cm³/mol. The van der Waals surface area contributed by atoms with Gasteiger partial charge in [-0.2, -0.15) is 0 Å². The summed E-state index contributed by atoms with van der Waals surface area (Å²) in [4.78, 5) is 0. The molecule has 0 amide bonds. The molecule has 0 aliphatic rings. The van der Waals surface area contributed by atoms with Gasteiger partial charge in [-0.05, 0) is 297 Å². The van der Waals surface area contributed by atoms with Gasteiger partial charge in [0.1, 0.15) is 17.2 Å². The highest BCUT2D eigenvalue weighted by molar-refractivity contribution is 9.12.